The van der Waals surface area contributed by atoms with Crippen LogP contribution in [-0.4, -0.2) is 51.5 Å². The van der Waals surface area contributed by atoms with Crippen molar-refractivity contribution in [3.8, 4) is 0 Å². The monoisotopic (exact) mass is 389 g/mol. The lowest BCUT2D eigenvalue weighted by Gasteiger charge is -2.49. The smallest absolute Gasteiger partial charge is 0.257 e. The first kappa shape index (κ1) is 18.9. The maximum Gasteiger partial charge on any atom is 0.257 e. The number of hydrogen-bond donors (Lipinski definition) is 2. The Labute approximate surface area is 169 Å². The molecule has 1 aliphatic heterocycles. The number of likely N-dealkylation sites (tertiary alicyclic amines) is 1. The summed E-state index contributed by atoms with van der Waals surface area (Å²) in [7, 11) is 0. The van der Waals surface area contributed by atoms with Crippen LogP contribution in [-0.2, 0) is 17.6 Å². The fourth-order valence-electron chi connectivity index (χ4n) is 3.76. The van der Waals surface area contributed by atoms with Crippen molar-refractivity contribution in [1.29, 1.82) is 0 Å². The van der Waals surface area contributed by atoms with Gasteiger partial charge in [-0.05, 0) is 36.1 Å². The van der Waals surface area contributed by atoms with Gasteiger partial charge in [-0.25, -0.2) is 0 Å². The number of aromatic nitrogens is 3. The first-order valence-electron chi connectivity index (χ1n) is 9.65. The van der Waals surface area contributed by atoms with Crippen molar-refractivity contribution >= 4 is 11.8 Å². The molecule has 0 radical (unpaired) electrons. The highest BCUT2D eigenvalue weighted by Crippen LogP contribution is 2.35. The van der Waals surface area contributed by atoms with Gasteiger partial charge < -0.3 is 10.2 Å². The largest absolute Gasteiger partial charge is 0.355 e. The molecular weight excluding hydrogens is 366 g/mol. The van der Waals surface area contributed by atoms with Crippen molar-refractivity contribution < 1.29 is 9.59 Å². The zero-order chi connectivity index (χ0) is 20.1. The molecular formula is C22H23N5O2. The normalized spacial score (nSPS) is 14.8. The first-order valence-corrected chi connectivity index (χ1v) is 9.65. The lowest BCUT2D eigenvalue weighted by atomic mass is 9.73. The third kappa shape index (κ3) is 4.18. The van der Waals surface area contributed by atoms with E-state index in [1.807, 2.05) is 42.5 Å². The van der Waals surface area contributed by atoms with Gasteiger partial charge in [-0.3, -0.25) is 19.7 Å². The number of carbonyl (C=O) groups excluding carboxylic acids is 2. The van der Waals surface area contributed by atoms with Crippen LogP contribution in [0.15, 0.2) is 67.3 Å². The van der Waals surface area contributed by atoms with Crippen LogP contribution in [0.3, 0.4) is 0 Å². The Morgan fingerprint density at radius 1 is 1.07 bits per heavy atom. The van der Waals surface area contributed by atoms with E-state index in [4.69, 9.17) is 0 Å². The molecule has 1 aliphatic rings. The number of aromatic amines is 1. The third-order valence-electron chi connectivity index (χ3n) is 5.34. The van der Waals surface area contributed by atoms with E-state index < -0.39 is 5.41 Å². The van der Waals surface area contributed by atoms with Gasteiger partial charge in [0.2, 0.25) is 5.91 Å². The molecule has 148 valence electrons. The quantitative estimate of drug-likeness (QED) is 0.645. The number of rotatable bonds is 7. The summed E-state index contributed by atoms with van der Waals surface area (Å²) in [5.74, 6) is -0.112. The second-order valence-corrected chi connectivity index (χ2v) is 7.45. The molecule has 0 spiro atoms. The number of H-pyrrole nitrogens is 1. The molecule has 29 heavy (non-hydrogen) atoms. The van der Waals surface area contributed by atoms with Gasteiger partial charge >= 0.3 is 0 Å². The van der Waals surface area contributed by atoms with Gasteiger partial charge in [0.1, 0.15) is 0 Å². The molecule has 0 saturated carbocycles. The first-order chi connectivity index (χ1) is 14.2. The number of pyridine rings is 1. The van der Waals surface area contributed by atoms with Crippen LogP contribution < -0.4 is 5.32 Å². The molecule has 0 unspecified atom stereocenters. The van der Waals surface area contributed by atoms with E-state index in [2.05, 4.69) is 20.5 Å². The molecule has 0 aliphatic carbocycles. The van der Waals surface area contributed by atoms with E-state index in [1.165, 1.54) is 6.20 Å². The number of carbonyl (C=O) groups is 2. The predicted octanol–water partition coefficient (Wildman–Crippen LogP) is 1.85. The number of nitrogens with zero attached hydrogens (tertiary/aromatic N) is 3. The molecule has 7 nitrogen and oxygen atoms in total. The van der Waals surface area contributed by atoms with Crippen LogP contribution in [0.4, 0.5) is 0 Å². The van der Waals surface area contributed by atoms with E-state index in [0.717, 1.165) is 17.5 Å². The van der Waals surface area contributed by atoms with Crippen LogP contribution in [0.2, 0.25) is 0 Å². The molecule has 0 bridgehead atoms. The van der Waals surface area contributed by atoms with E-state index in [1.54, 1.807) is 23.5 Å². The molecule has 2 N–H and O–H groups in total. The summed E-state index contributed by atoms with van der Waals surface area (Å²) in [5.41, 5.74) is 2.12. The second kappa shape index (κ2) is 8.26. The maximum absolute atomic E-state index is 13.1. The van der Waals surface area contributed by atoms with Crippen molar-refractivity contribution in [1.82, 2.24) is 25.4 Å². The standard InChI is InChI=1S/C22H23N5O2/c28-20(19-13-25-26-14-19)27-15-22(16-27,12-18-4-2-1-3-5-18)21(29)24-11-8-17-6-9-23-10-7-17/h1-7,9-10,13-14H,8,11-12,15-16H2,(H,24,29)(H,25,26). The highest BCUT2D eigenvalue weighted by molar-refractivity contribution is 5.96. The average molecular weight is 389 g/mol. The van der Waals surface area contributed by atoms with Crippen LogP contribution in [0.5, 0.6) is 0 Å². The highest BCUT2D eigenvalue weighted by atomic mass is 16.2. The lowest BCUT2D eigenvalue weighted by Crippen LogP contribution is -2.65. The molecule has 1 aromatic carbocycles. The minimum atomic E-state index is -0.612. The molecule has 1 saturated heterocycles. The van der Waals surface area contributed by atoms with Gasteiger partial charge in [0.15, 0.2) is 0 Å². The average Bonchev–Trinajstić information content (AvgIpc) is 3.26. The van der Waals surface area contributed by atoms with Crippen molar-refractivity contribution in [2.45, 2.75) is 12.8 Å². The Morgan fingerprint density at radius 2 is 1.83 bits per heavy atom. The van der Waals surface area contributed by atoms with Crippen LogP contribution >= 0.6 is 0 Å². The molecule has 3 heterocycles. The Hall–Kier alpha value is -3.48. The zero-order valence-electron chi connectivity index (χ0n) is 16.0. The topological polar surface area (TPSA) is 91.0 Å². The predicted molar refractivity (Wildman–Crippen MR) is 108 cm³/mol. The third-order valence-corrected chi connectivity index (χ3v) is 5.34. The molecule has 3 aromatic rings. The highest BCUT2D eigenvalue weighted by Gasteiger charge is 2.50. The van der Waals surface area contributed by atoms with Crippen LogP contribution in [0.1, 0.15) is 21.5 Å². The summed E-state index contributed by atoms with van der Waals surface area (Å²) in [6, 6.07) is 13.8. The van der Waals surface area contributed by atoms with Gasteiger partial charge in [-0.1, -0.05) is 30.3 Å². The van der Waals surface area contributed by atoms with Crippen molar-refractivity contribution in [2.75, 3.05) is 19.6 Å². The fourth-order valence-corrected chi connectivity index (χ4v) is 3.76. The number of hydrogen-bond acceptors (Lipinski definition) is 4. The van der Waals surface area contributed by atoms with Gasteiger partial charge in [-0.15, -0.1) is 0 Å². The van der Waals surface area contributed by atoms with Gasteiger partial charge in [-0.2, -0.15) is 5.10 Å². The number of benzene rings is 1. The van der Waals surface area contributed by atoms with Crippen molar-refractivity contribution in [3.05, 3.63) is 83.9 Å². The number of amides is 2. The Balaban J connectivity index is 1.43. The van der Waals surface area contributed by atoms with E-state index in [0.29, 0.717) is 31.6 Å². The van der Waals surface area contributed by atoms with Gasteiger partial charge in [0.05, 0.1) is 17.2 Å². The SMILES string of the molecule is O=C(c1cn[nH]c1)N1CC(Cc2ccccc2)(C(=O)NCCc2ccncc2)C1. The summed E-state index contributed by atoms with van der Waals surface area (Å²) in [6.45, 7) is 1.34. The van der Waals surface area contributed by atoms with E-state index in [9.17, 15) is 9.59 Å². The number of nitrogens with one attached hydrogen (secondary N) is 2. The molecule has 4 rings (SSSR count). The van der Waals surface area contributed by atoms with Crippen LogP contribution in [0, 0.1) is 5.41 Å². The molecule has 1 fully saturated rings. The minimum Gasteiger partial charge on any atom is -0.355 e. The lowest BCUT2D eigenvalue weighted by molar-refractivity contribution is -0.139. The summed E-state index contributed by atoms with van der Waals surface area (Å²) < 4.78 is 0. The summed E-state index contributed by atoms with van der Waals surface area (Å²) in [5, 5.41) is 9.57. The van der Waals surface area contributed by atoms with Crippen molar-refractivity contribution in [2.24, 2.45) is 5.41 Å². The summed E-state index contributed by atoms with van der Waals surface area (Å²) in [6.07, 6.45) is 7.93. The summed E-state index contributed by atoms with van der Waals surface area (Å²) >= 11 is 0. The molecule has 2 amide bonds. The van der Waals surface area contributed by atoms with Crippen molar-refractivity contribution in [3.63, 3.8) is 0 Å². The minimum absolute atomic E-state index is 0.00773. The van der Waals surface area contributed by atoms with Gasteiger partial charge in [0.25, 0.3) is 5.91 Å². The second-order valence-electron chi connectivity index (χ2n) is 7.45. The maximum atomic E-state index is 13.1. The fraction of sp³-hybridized carbons (Fsp3) is 0.273. The van der Waals surface area contributed by atoms with Crippen LogP contribution in [0.25, 0.3) is 0 Å². The molecule has 7 heteroatoms. The summed E-state index contributed by atoms with van der Waals surface area (Å²) in [4.78, 5) is 31.4. The Morgan fingerprint density at radius 3 is 2.52 bits per heavy atom. The zero-order valence-corrected chi connectivity index (χ0v) is 16.0. The molecule has 0 atom stereocenters. The molecule has 2 aromatic heterocycles. The van der Waals surface area contributed by atoms with Gasteiger partial charge in [0, 0.05) is 38.2 Å². The Bertz CT molecular complexity index is 951. The van der Waals surface area contributed by atoms with E-state index >= 15 is 0 Å². The van der Waals surface area contributed by atoms with E-state index in [-0.39, 0.29) is 11.8 Å². The Kier molecular flexibility index (Phi) is 5.37.